The van der Waals surface area contributed by atoms with E-state index in [-0.39, 0.29) is 23.6 Å². The third kappa shape index (κ3) is 4.24. The maximum absolute atomic E-state index is 11.9. The predicted molar refractivity (Wildman–Crippen MR) is 71.7 cm³/mol. The van der Waals surface area contributed by atoms with Crippen LogP contribution in [0, 0.1) is 5.92 Å². The van der Waals surface area contributed by atoms with Crippen LogP contribution in [0.25, 0.3) is 0 Å². The van der Waals surface area contributed by atoms with Gasteiger partial charge in [-0.2, -0.15) is 0 Å². The highest BCUT2D eigenvalue weighted by molar-refractivity contribution is 7.89. The van der Waals surface area contributed by atoms with E-state index < -0.39 is 10.0 Å². The normalized spacial score (nSPS) is 19.1. The fourth-order valence-electron chi connectivity index (χ4n) is 2.03. The number of nitrogens with zero attached hydrogens (tertiary/aromatic N) is 1. The molecule has 0 unspecified atom stereocenters. The number of nitrogens with one attached hydrogen (secondary N) is 1. The molecule has 1 saturated heterocycles. The SMILES string of the molecule is CCCS(=O)(=O)N1CCC(NC(=O)C(C)C)CC1. The summed E-state index contributed by atoms with van der Waals surface area (Å²) in [7, 11) is -3.08. The van der Waals surface area contributed by atoms with Gasteiger partial charge in [-0.1, -0.05) is 20.8 Å². The van der Waals surface area contributed by atoms with Crippen molar-refractivity contribution in [2.75, 3.05) is 18.8 Å². The maximum atomic E-state index is 11.9. The number of sulfonamides is 1. The van der Waals surface area contributed by atoms with Gasteiger partial charge in [-0.05, 0) is 19.3 Å². The number of hydrogen-bond acceptors (Lipinski definition) is 3. The molecule has 0 aromatic carbocycles. The van der Waals surface area contributed by atoms with E-state index in [0.29, 0.717) is 32.4 Å². The lowest BCUT2D eigenvalue weighted by molar-refractivity contribution is -0.124. The molecule has 5 nitrogen and oxygen atoms in total. The molecule has 0 radical (unpaired) electrons. The first-order valence-electron chi connectivity index (χ1n) is 6.65. The van der Waals surface area contributed by atoms with Crippen LogP contribution in [-0.4, -0.2) is 43.5 Å². The number of piperidine rings is 1. The fourth-order valence-corrected chi connectivity index (χ4v) is 3.57. The minimum atomic E-state index is -3.08. The topological polar surface area (TPSA) is 66.5 Å². The molecule has 0 aromatic heterocycles. The summed E-state index contributed by atoms with van der Waals surface area (Å²) in [6.45, 7) is 6.62. The van der Waals surface area contributed by atoms with E-state index in [1.54, 1.807) is 4.31 Å². The summed E-state index contributed by atoms with van der Waals surface area (Å²) < 4.78 is 25.3. The zero-order valence-electron chi connectivity index (χ0n) is 11.5. The van der Waals surface area contributed by atoms with Gasteiger partial charge in [-0.15, -0.1) is 0 Å². The molecule has 18 heavy (non-hydrogen) atoms. The molecular formula is C12H24N2O3S. The van der Waals surface area contributed by atoms with Gasteiger partial charge in [-0.25, -0.2) is 12.7 Å². The van der Waals surface area contributed by atoms with E-state index >= 15 is 0 Å². The molecule has 1 N–H and O–H groups in total. The van der Waals surface area contributed by atoms with Crippen LogP contribution in [0.5, 0.6) is 0 Å². The quantitative estimate of drug-likeness (QED) is 0.813. The largest absolute Gasteiger partial charge is 0.353 e. The molecule has 1 aliphatic rings. The van der Waals surface area contributed by atoms with Crippen molar-refractivity contribution < 1.29 is 13.2 Å². The van der Waals surface area contributed by atoms with Crippen LogP contribution in [-0.2, 0) is 14.8 Å². The monoisotopic (exact) mass is 276 g/mol. The highest BCUT2D eigenvalue weighted by Gasteiger charge is 2.28. The van der Waals surface area contributed by atoms with Crippen molar-refractivity contribution in [3.05, 3.63) is 0 Å². The Morgan fingerprint density at radius 2 is 1.89 bits per heavy atom. The first-order chi connectivity index (χ1) is 8.36. The van der Waals surface area contributed by atoms with Crippen molar-refractivity contribution in [2.45, 2.75) is 46.1 Å². The second kappa shape index (κ2) is 6.52. The second-order valence-corrected chi connectivity index (χ2v) is 7.24. The third-order valence-electron chi connectivity index (χ3n) is 3.18. The third-order valence-corrected chi connectivity index (χ3v) is 5.26. The van der Waals surface area contributed by atoms with Gasteiger partial charge in [0.05, 0.1) is 5.75 Å². The van der Waals surface area contributed by atoms with Crippen molar-refractivity contribution in [1.29, 1.82) is 0 Å². The predicted octanol–water partition coefficient (Wildman–Crippen LogP) is 0.963. The molecule has 106 valence electrons. The van der Waals surface area contributed by atoms with Gasteiger partial charge in [0.1, 0.15) is 0 Å². The molecular weight excluding hydrogens is 252 g/mol. The molecule has 0 spiro atoms. The molecule has 0 bridgehead atoms. The number of hydrogen-bond donors (Lipinski definition) is 1. The van der Waals surface area contributed by atoms with E-state index in [4.69, 9.17) is 0 Å². The van der Waals surface area contributed by atoms with Gasteiger partial charge in [0.2, 0.25) is 15.9 Å². The smallest absolute Gasteiger partial charge is 0.222 e. The molecule has 1 fully saturated rings. The van der Waals surface area contributed by atoms with Gasteiger partial charge < -0.3 is 5.32 Å². The van der Waals surface area contributed by atoms with Crippen LogP contribution in [0.2, 0.25) is 0 Å². The second-order valence-electron chi connectivity index (χ2n) is 5.15. The van der Waals surface area contributed by atoms with E-state index in [2.05, 4.69) is 5.32 Å². The Morgan fingerprint density at radius 1 is 1.33 bits per heavy atom. The summed E-state index contributed by atoms with van der Waals surface area (Å²) in [5, 5.41) is 2.96. The Bertz CT molecular complexity index is 371. The molecule has 0 atom stereocenters. The number of carbonyl (C=O) groups is 1. The number of carbonyl (C=O) groups excluding carboxylic acids is 1. The molecule has 1 aliphatic heterocycles. The van der Waals surface area contributed by atoms with Crippen molar-refractivity contribution in [3.8, 4) is 0 Å². The maximum Gasteiger partial charge on any atom is 0.222 e. The lowest BCUT2D eigenvalue weighted by Gasteiger charge is -2.31. The van der Waals surface area contributed by atoms with Crippen LogP contribution < -0.4 is 5.32 Å². The van der Waals surface area contributed by atoms with Crippen LogP contribution >= 0.6 is 0 Å². The molecule has 0 aliphatic carbocycles. The molecule has 1 rings (SSSR count). The number of amides is 1. The summed E-state index contributed by atoms with van der Waals surface area (Å²) in [6, 6.07) is 0.118. The highest BCUT2D eigenvalue weighted by atomic mass is 32.2. The Balaban J connectivity index is 2.44. The Labute approximate surface area is 110 Å². The zero-order chi connectivity index (χ0) is 13.8. The van der Waals surface area contributed by atoms with Gasteiger partial charge in [0, 0.05) is 25.0 Å². The summed E-state index contributed by atoms with van der Waals surface area (Å²) in [5.41, 5.74) is 0. The lowest BCUT2D eigenvalue weighted by Crippen LogP contribution is -2.47. The average Bonchev–Trinajstić information content (AvgIpc) is 2.29. The minimum Gasteiger partial charge on any atom is -0.353 e. The molecule has 1 amide bonds. The molecule has 6 heteroatoms. The first kappa shape index (κ1) is 15.4. The van der Waals surface area contributed by atoms with Gasteiger partial charge in [0.15, 0.2) is 0 Å². The minimum absolute atomic E-state index is 0.0214. The standard InChI is InChI=1S/C12H24N2O3S/c1-4-9-18(16,17)14-7-5-11(6-8-14)13-12(15)10(2)3/h10-11H,4-9H2,1-3H3,(H,13,15). The number of rotatable bonds is 5. The first-order valence-corrected chi connectivity index (χ1v) is 8.26. The Hall–Kier alpha value is -0.620. The summed E-state index contributed by atoms with van der Waals surface area (Å²) in [4.78, 5) is 11.5. The van der Waals surface area contributed by atoms with E-state index in [9.17, 15) is 13.2 Å². The van der Waals surface area contributed by atoms with E-state index in [0.717, 1.165) is 0 Å². The van der Waals surface area contributed by atoms with Gasteiger partial charge >= 0.3 is 0 Å². The van der Waals surface area contributed by atoms with Crippen LogP contribution in [0.3, 0.4) is 0 Å². The van der Waals surface area contributed by atoms with Crippen LogP contribution in [0.15, 0.2) is 0 Å². The van der Waals surface area contributed by atoms with Crippen molar-refractivity contribution in [2.24, 2.45) is 5.92 Å². The summed E-state index contributed by atoms with van der Waals surface area (Å²) in [5.74, 6) is 0.243. The summed E-state index contributed by atoms with van der Waals surface area (Å²) in [6.07, 6.45) is 2.06. The molecule has 0 aromatic rings. The Morgan fingerprint density at radius 3 is 2.33 bits per heavy atom. The molecule has 0 saturated carbocycles. The molecule has 1 heterocycles. The van der Waals surface area contributed by atoms with Crippen molar-refractivity contribution >= 4 is 15.9 Å². The van der Waals surface area contributed by atoms with Crippen molar-refractivity contribution in [3.63, 3.8) is 0 Å². The average molecular weight is 276 g/mol. The highest BCUT2D eigenvalue weighted by Crippen LogP contribution is 2.15. The lowest BCUT2D eigenvalue weighted by atomic mass is 10.1. The van der Waals surface area contributed by atoms with Gasteiger partial charge in [-0.3, -0.25) is 4.79 Å². The summed E-state index contributed by atoms with van der Waals surface area (Å²) >= 11 is 0. The van der Waals surface area contributed by atoms with E-state index in [1.165, 1.54) is 0 Å². The Kier molecular flexibility index (Phi) is 5.59. The van der Waals surface area contributed by atoms with Crippen LogP contribution in [0.1, 0.15) is 40.0 Å². The van der Waals surface area contributed by atoms with Crippen molar-refractivity contribution in [1.82, 2.24) is 9.62 Å². The van der Waals surface area contributed by atoms with Gasteiger partial charge in [0.25, 0.3) is 0 Å². The fraction of sp³-hybridized carbons (Fsp3) is 0.917. The zero-order valence-corrected chi connectivity index (χ0v) is 12.3. The van der Waals surface area contributed by atoms with E-state index in [1.807, 2.05) is 20.8 Å². The van der Waals surface area contributed by atoms with Crippen LogP contribution in [0.4, 0.5) is 0 Å².